The maximum Gasteiger partial charge on any atom is 0.139 e. The van der Waals surface area contributed by atoms with Gasteiger partial charge in [-0.25, -0.2) is 0 Å². The summed E-state index contributed by atoms with van der Waals surface area (Å²) in [5.41, 5.74) is 7.31. The van der Waals surface area contributed by atoms with E-state index in [4.69, 9.17) is 4.42 Å². The van der Waals surface area contributed by atoms with Gasteiger partial charge in [0.25, 0.3) is 0 Å². The highest BCUT2D eigenvalue weighted by atomic mass is 16.3. The smallest absolute Gasteiger partial charge is 0.139 e. The first-order chi connectivity index (χ1) is 16.4. The lowest BCUT2D eigenvalue weighted by molar-refractivity contribution is 0.592. The minimum absolute atomic E-state index is 0.137. The number of furan rings is 1. The van der Waals surface area contributed by atoms with Gasteiger partial charge in [-0.15, -0.1) is 0 Å². The fraction of sp³-hybridized carbons (Fsp3) is 0.0625. The van der Waals surface area contributed by atoms with Crippen LogP contribution < -0.4 is 0 Å². The molecule has 33 heavy (non-hydrogen) atoms. The molecule has 0 saturated heterocycles. The number of fused-ring (bicyclic) bond motifs is 1. The van der Waals surface area contributed by atoms with Gasteiger partial charge in [0, 0.05) is 34.1 Å². The first kappa shape index (κ1) is 19.6. The largest absolute Gasteiger partial charge is 0.455 e. The van der Waals surface area contributed by atoms with Crippen molar-refractivity contribution in [1.82, 2.24) is 0 Å². The molecule has 0 aliphatic heterocycles. The van der Waals surface area contributed by atoms with Gasteiger partial charge in [0.15, 0.2) is 0 Å². The van der Waals surface area contributed by atoms with Crippen molar-refractivity contribution in [2.24, 2.45) is 0 Å². The summed E-state index contributed by atoms with van der Waals surface area (Å²) in [7, 11) is 0. The van der Waals surface area contributed by atoms with Crippen LogP contribution in [0.25, 0.3) is 22.6 Å². The van der Waals surface area contributed by atoms with E-state index in [0.717, 1.165) is 22.6 Å². The minimum atomic E-state index is 0.137. The highest BCUT2D eigenvalue weighted by Crippen LogP contribution is 2.50. The lowest BCUT2D eigenvalue weighted by Gasteiger charge is -2.26. The Morgan fingerprint density at radius 3 is 1.09 bits per heavy atom. The van der Waals surface area contributed by atoms with E-state index in [2.05, 4.69) is 133 Å². The van der Waals surface area contributed by atoms with Gasteiger partial charge in [-0.3, -0.25) is 0 Å². The molecule has 1 aromatic heterocycles. The lowest BCUT2D eigenvalue weighted by atomic mass is 9.75. The summed E-state index contributed by atoms with van der Waals surface area (Å²) in [6.45, 7) is 0. The molecule has 0 bridgehead atoms. The zero-order chi connectivity index (χ0) is 22.0. The molecule has 0 amide bonds. The second kappa shape index (κ2) is 8.44. The van der Waals surface area contributed by atoms with Crippen LogP contribution in [0.2, 0.25) is 0 Å². The summed E-state index contributed by atoms with van der Waals surface area (Å²) in [6.07, 6.45) is 4.71. The Balaban J connectivity index is 1.67. The maximum absolute atomic E-state index is 6.80. The molecule has 4 aromatic carbocycles. The van der Waals surface area contributed by atoms with E-state index in [-0.39, 0.29) is 11.8 Å². The van der Waals surface area contributed by atoms with Gasteiger partial charge >= 0.3 is 0 Å². The number of rotatable bonds is 4. The highest BCUT2D eigenvalue weighted by Gasteiger charge is 2.34. The average Bonchev–Trinajstić information content (AvgIpc) is 3.31. The lowest BCUT2D eigenvalue weighted by Crippen LogP contribution is -2.11. The molecule has 0 radical (unpaired) electrons. The third kappa shape index (κ3) is 3.52. The Labute approximate surface area is 194 Å². The Morgan fingerprint density at radius 1 is 0.394 bits per heavy atom. The second-order valence-corrected chi connectivity index (χ2v) is 8.48. The quantitative estimate of drug-likeness (QED) is 0.264. The van der Waals surface area contributed by atoms with Crippen molar-refractivity contribution in [2.75, 3.05) is 0 Å². The molecule has 0 spiro atoms. The third-order valence-corrected chi connectivity index (χ3v) is 6.49. The minimum Gasteiger partial charge on any atom is -0.455 e. The standard InChI is InChI=1S/C32H24O/c1-5-13-23(14-6-1)27-21-22-28(24-15-7-2-8-16-24)30-29(27)31(25-17-9-3-10-18-25)33-32(30)26-19-11-4-12-20-26/h1-22,27-28H/t27-,28-/m1/s1. The van der Waals surface area contributed by atoms with Crippen molar-refractivity contribution in [2.45, 2.75) is 11.8 Å². The fourth-order valence-electron chi connectivity index (χ4n) is 4.97. The van der Waals surface area contributed by atoms with Crippen molar-refractivity contribution in [3.63, 3.8) is 0 Å². The monoisotopic (exact) mass is 424 g/mol. The van der Waals surface area contributed by atoms with Crippen LogP contribution in [-0.2, 0) is 0 Å². The molecule has 1 nitrogen and oxygen atoms in total. The predicted molar refractivity (Wildman–Crippen MR) is 135 cm³/mol. The second-order valence-electron chi connectivity index (χ2n) is 8.48. The number of hydrogen-bond donors (Lipinski definition) is 0. The van der Waals surface area contributed by atoms with Gasteiger partial charge in [-0.2, -0.15) is 0 Å². The summed E-state index contributed by atoms with van der Waals surface area (Å²) in [4.78, 5) is 0. The van der Waals surface area contributed by atoms with E-state index in [0.29, 0.717) is 0 Å². The molecule has 2 atom stereocenters. The van der Waals surface area contributed by atoms with Crippen LogP contribution >= 0.6 is 0 Å². The van der Waals surface area contributed by atoms with Crippen molar-refractivity contribution in [3.8, 4) is 22.6 Å². The topological polar surface area (TPSA) is 13.1 Å². The van der Waals surface area contributed by atoms with Crippen LogP contribution in [0.15, 0.2) is 138 Å². The maximum atomic E-state index is 6.80. The van der Waals surface area contributed by atoms with E-state index in [1.165, 1.54) is 22.3 Å². The van der Waals surface area contributed by atoms with E-state index in [9.17, 15) is 0 Å². The zero-order valence-electron chi connectivity index (χ0n) is 18.3. The van der Waals surface area contributed by atoms with Gasteiger partial charge in [-0.05, 0) is 11.1 Å². The molecule has 1 aliphatic carbocycles. The molecule has 0 fully saturated rings. The summed E-state index contributed by atoms with van der Waals surface area (Å²) in [5.74, 6) is 2.20. The van der Waals surface area contributed by atoms with Crippen LogP contribution in [0.4, 0.5) is 0 Å². The summed E-state index contributed by atoms with van der Waals surface area (Å²) in [5, 5.41) is 0. The number of allylic oxidation sites excluding steroid dienone is 2. The molecule has 1 aliphatic rings. The van der Waals surface area contributed by atoms with Crippen molar-refractivity contribution >= 4 is 0 Å². The van der Waals surface area contributed by atoms with Gasteiger partial charge in [0.2, 0.25) is 0 Å². The van der Waals surface area contributed by atoms with Gasteiger partial charge in [-0.1, -0.05) is 133 Å². The predicted octanol–water partition coefficient (Wildman–Crippen LogP) is 8.45. The molecule has 0 unspecified atom stereocenters. The van der Waals surface area contributed by atoms with Gasteiger partial charge < -0.3 is 4.42 Å². The summed E-state index contributed by atoms with van der Waals surface area (Å²) >= 11 is 0. The van der Waals surface area contributed by atoms with Gasteiger partial charge in [0.1, 0.15) is 11.5 Å². The molecule has 5 aromatic rings. The van der Waals surface area contributed by atoms with Crippen LogP contribution in [0, 0.1) is 0 Å². The Bertz CT molecular complexity index is 1270. The number of hydrogen-bond acceptors (Lipinski definition) is 1. The first-order valence-corrected chi connectivity index (χ1v) is 11.5. The molecular formula is C32H24O. The van der Waals surface area contributed by atoms with Crippen LogP contribution in [-0.4, -0.2) is 0 Å². The van der Waals surface area contributed by atoms with Crippen LogP contribution in [0.1, 0.15) is 34.1 Å². The molecule has 1 heteroatoms. The normalized spacial score (nSPS) is 17.0. The molecular weight excluding hydrogens is 400 g/mol. The average molecular weight is 425 g/mol. The van der Waals surface area contributed by atoms with Crippen LogP contribution in [0.5, 0.6) is 0 Å². The van der Waals surface area contributed by atoms with E-state index in [1.54, 1.807) is 0 Å². The van der Waals surface area contributed by atoms with Gasteiger partial charge in [0.05, 0.1) is 0 Å². The Kier molecular flexibility index (Phi) is 5.01. The molecule has 158 valence electrons. The summed E-state index contributed by atoms with van der Waals surface area (Å²) in [6, 6.07) is 42.5. The van der Waals surface area contributed by atoms with Crippen molar-refractivity contribution < 1.29 is 4.42 Å². The summed E-state index contributed by atoms with van der Waals surface area (Å²) < 4.78 is 6.80. The van der Waals surface area contributed by atoms with Crippen molar-refractivity contribution in [1.29, 1.82) is 0 Å². The Morgan fingerprint density at radius 2 is 0.727 bits per heavy atom. The van der Waals surface area contributed by atoms with Crippen molar-refractivity contribution in [3.05, 3.63) is 156 Å². The SMILES string of the molecule is C1=C[C@H](c2ccccc2)c2c(-c3ccccc3)oc(-c3ccccc3)c2[C@H]1c1ccccc1. The molecule has 0 saturated carbocycles. The zero-order valence-corrected chi connectivity index (χ0v) is 18.3. The fourth-order valence-corrected chi connectivity index (χ4v) is 4.97. The highest BCUT2D eigenvalue weighted by molar-refractivity contribution is 5.77. The van der Waals surface area contributed by atoms with E-state index < -0.39 is 0 Å². The first-order valence-electron chi connectivity index (χ1n) is 11.5. The van der Waals surface area contributed by atoms with E-state index in [1.807, 2.05) is 0 Å². The number of benzene rings is 4. The third-order valence-electron chi connectivity index (χ3n) is 6.49. The molecule has 6 rings (SSSR count). The molecule has 1 heterocycles. The Hall–Kier alpha value is -4.10. The molecule has 0 N–H and O–H groups in total. The van der Waals surface area contributed by atoms with Crippen LogP contribution in [0.3, 0.4) is 0 Å². The van der Waals surface area contributed by atoms with E-state index >= 15 is 0 Å².